The molecule has 1 amide bonds. The van der Waals surface area contributed by atoms with Gasteiger partial charge in [-0.15, -0.1) is 0 Å². The molecule has 0 bridgehead atoms. The summed E-state index contributed by atoms with van der Waals surface area (Å²) in [7, 11) is 1.52. The molecule has 1 aromatic carbocycles. The number of hydrogen-bond donors (Lipinski definition) is 2. The van der Waals surface area contributed by atoms with Gasteiger partial charge in [0.15, 0.2) is 0 Å². The van der Waals surface area contributed by atoms with Crippen LogP contribution < -0.4 is 15.8 Å². The van der Waals surface area contributed by atoms with Crippen LogP contribution in [0.4, 0.5) is 0 Å². The number of aryl methyl sites for hydroxylation is 1. The van der Waals surface area contributed by atoms with E-state index in [1.807, 2.05) is 45.9 Å². The van der Waals surface area contributed by atoms with Crippen LogP contribution in [-0.2, 0) is 16.1 Å². The molecule has 0 aromatic heterocycles. The molecule has 5 heteroatoms. The monoisotopic (exact) mass is 294 g/mol. The van der Waals surface area contributed by atoms with E-state index in [2.05, 4.69) is 5.32 Å². The van der Waals surface area contributed by atoms with Crippen LogP contribution in [0.2, 0.25) is 0 Å². The van der Waals surface area contributed by atoms with E-state index in [0.29, 0.717) is 6.54 Å². The van der Waals surface area contributed by atoms with Gasteiger partial charge in [0.25, 0.3) is 0 Å². The van der Waals surface area contributed by atoms with Crippen molar-refractivity contribution in [3.05, 3.63) is 29.3 Å². The average molecular weight is 294 g/mol. The van der Waals surface area contributed by atoms with Gasteiger partial charge in [0.2, 0.25) is 5.91 Å². The van der Waals surface area contributed by atoms with Gasteiger partial charge in [-0.1, -0.05) is 12.1 Å². The van der Waals surface area contributed by atoms with Gasteiger partial charge < -0.3 is 20.5 Å². The summed E-state index contributed by atoms with van der Waals surface area (Å²) in [5, 5.41) is 2.81. The van der Waals surface area contributed by atoms with Crippen molar-refractivity contribution in [1.82, 2.24) is 5.32 Å². The third-order valence-corrected chi connectivity index (χ3v) is 2.77. The van der Waals surface area contributed by atoms with E-state index in [4.69, 9.17) is 15.2 Å². The Morgan fingerprint density at radius 1 is 1.38 bits per heavy atom. The summed E-state index contributed by atoms with van der Waals surface area (Å²) in [6.07, 6.45) is 0. The van der Waals surface area contributed by atoms with Gasteiger partial charge >= 0.3 is 0 Å². The average Bonchev–Trinajstić information content (AvgIpc) is 2.35. The third kappa shape index (κ3) is 6.14. The first kappa shape index (κ1) is 17.5. The number of nitrogens with one attached hydrogen (secondary N) is 1. The van der Waals surface area contributed by atoms with Crippen molar-refractivity contribution in [3.63, 3.8) is 0 Å². The molecule has 0 aliphatic carbocycles. The molecular formula is C16H26N2O3. The van der Waals surface area contributed by atoms with Crippen LogP contribution in [0.3, 0.4) is 0 Å². The van der Waals surface area contributed by atoms with Crippen molar-refractivity contribution in [1.29, 1.82) is 0 Å². The normalized spacial score (nSPS) is 12.9. The summed E-state index contributed by atoms with van der Waals surface area (Å²) in [6.45, 7) is 8.56. The molecule has 1 rings (SSSR count). The molecule has 1 atom stereocenters. The summed E-state index contributed by atoms with van der Waals surface area (Å²) in [5.74, 6) is 0.544. The largest absolute Gasteiger partial charge is 0.488 e. The van der Waals surface area contributed by atoms with Crippen LogP contribution in [0.15, 0.2) is 18.2 Å². The lowest BCUT2D eigenvalue weighted by atomic mass is 10.1. The standard InChI is InChI=1S/C16H26N2O3/c1-11-6-7-12(14(8-11)21-16(2,3)4)9-18-15(19)13(17)10-20-5/h6-8,13H,9-10,17H2,1-5H3,(H,18,19). The Labute approximate surface area is 126 Å². The number of benzene rings is 1. The number of amides is 1. The highest BCUT2D eigenvalue weighted by Crippen LogP contribution is 2.24. The van der Waals surface area contributed by atoms with Crippen LogP contribution in [0.5, 0.6) is 5.75 Å². The molecule has 1 unspecified atom stereocenters. The smallest absolute Gasteiger partial charge is 0.239 e. The molecule has 0 spiro atoms. The summed E-state index contributed by atoms with van der Waals surface area (Å²) in [5.41, 5.74) is 7.43. The summed E-state index contributed by atoms with van der Waals surface area (Å²) in [4.78, 5) is 11.8. The molecule has 0 aliphatic heterocycles. The van der Waals surface area contributed by atoms with Gasteiger partial charge in [0, 0.05) is 19.2 Å². The Bertz CT molecular complexity index is 481. The van der Waals surface area contributed by atoms with E-state index in [-0.39, 0.29) is 18.1 Å². The second kappa shape index (κ2) is 7.43. The zero-order valence-corrected chi connectivity index (χ0v) is 13.5. The molecule has 0 saturated heterocycles. The number of carbonyl (C=O) groups excluding carboxylic acids is 1. The van der Waals surface area contributed by atoms with Crippen LogP contribution >= 0.6 is 0 Å². The lowest BCUT2D eigenvalue weighted by molar-refractivity contribution is -0.123. The van der Waals surface area contributed by atoms with Crippen LogP contribution in [0, 0.1) is 6.92 Å². The fourth-order valence-electron chi connectivity index (χ4n) is 1.80. The highest BCUT2D eigenvalue weighted by atomic mass is 16.5. The zero-order valence-electron chi connectivity index (χ0n) is 13.5. The molecule has 0 heterocycles. The maximum absolute atomic E-state index is 11.8. The molecule has 118 valence electrons. The minimum atomic E-state index is -0.660. The predicted molar refractivity (Wildman–Crippen MR) is 83.3 cm³/mol. The zero-order chi connectivity index (χ0) is 16.0. The predicted octanol–water partition coefficient (Wildman–Crippen LogP) is 1.76. The van der Waals surface area contributed by atoms with Gasteiger partial charge in [0.1, 0.15) is 17.4 Å². The van der Waals surface area contributed by atoms with Gasteiger partial charge in [-0.3, -0.25) is 4.79 Å². The van der Waals surface area contributed by atoms with Gasteiger partial charge in [-0.2, -0.15) is 0 Å². The summed E-state index contributed by atoms with van der Waals surface area (Å²) in [6, 6.07) is 5.26. The Balaban J connectivity index is 2.76. The van der Waals surface area contributed by atoms with Crippen molar-refractivity contribution in [2.45, 2.75) is 45.9 Å². The first-order valence-electron chi connectivity index (χ1n) is 7.03. The number of nitrogens with two attached hydrogens (primary N) is 1. The van der Waals surface area contributed by atoms with Crippen molar-refractivity contribution >= 4 is 5.91 Å². The Hall–Kier alpha value is -1.59. The minimum absolute atomic E-state index is 0.199. The van der Waals surface area contributed by atoms with Gasteiger partial charge in [-0.05, 0) is 39.3 Å². The van der Waals surface area contributed by atoms with Crippen molar-refractivity contribution in [3.8, 4) is 5.75 Å². The number of ether oxygens (including phenoxy) is 2. The Kier molecular flexibility index (Phi) is 6.18. The second-order valence-electron chi connectivity index (χ2n) is 6.11. The molecule has 0 aliphatic rings. The second-order valence-corrected chi connectivity index (χ2v) is 6.11. The fraction of sp³-hybridized carbons (Fsp3) is 0.562. The molecule has 1 aromatic rings. The highest BCUT2D eigenvalue weighted by Gasteiger charge is 2.17. The number of methoxy groups -OCH3 is 1. The van der Waals surface area contributed by atoms with E-state index in [9.17, 15) is 4.79 Å². The first-order valence-corrected chi connectivity index (χ1v) is 7.03. The van der Waals surface area contributed by atoms with E-state index in [1.54, 1.807) is 0 Å². The number of hydrogen-bond acceptors (Lipinski definition) is 4. The molecule has 21 heavy (non-hydrogen) atoms. The van der Waals surface area contributed by atoms with Crippen LogP contribution in [-0.4, -0.2) is 31.3 Å². The van der Waals surface area contributed by atoms with Crippen molar-refractivity contribution in [2.75, 3.05) is 13.7 Å². The lowest BCUT2D eigenvalue weighted by Crippen LogP contribution is -2.43. The molecule has 3 N–H and O–H groups in total. The molecule has 0 fully saturated rings. The lowest BCUT2D eigenvalue weighted by Gasteiger charge is -2.24. The number of carbonyl (C=O) groups is 1. The maximum Gasteiger partial charge on any atom is 0.239 e. The third-order valence-electron chi connectivity index (χ3n) is 2.77. The van der Waals surface area contributed by atoms with E-state index in [1.165, 1.54) is 7.11 Å². The van der Waals surface area contributed by atoms with Gasteiger partial charge in [-0.25, -0.2) is 0 Å². The first-order chi connectivity index (χ1) is 9.73. The molecular weight excluding hydrogens is 268 g/mol. The van der Waals surface area contributed by atoms with Crippen LogP contribution in [0.25, 0.3) is 0 Å². The SMILES string of the molecule is COCC(N)C(=O)NCc1ccc(C)cc1OC(C)(C)C. The van der Waals surface area contributed by atoms with Gasteiger partial charge in [0.05, 0.1) is 6.61 Å². The molecule has 0 saturated carbocycles. The van der Waals surface area contributed by atoms with E-state index < -0.39 is 6.04 Å². The van der Waals surface area contributed by atoms with Crippen molar-refractivity contribution < 1.29 is 14.3 Å². The van der Waals surface area contributed by atoms with E-state index >= 15 is 0 Å². The quantitative estimate of drug-likeness (QED) is 0.838. The minimum Gasteiger partial charge on any atom is -0.488 e. The Morgan fingerprint density at radius 3 is 2.62 bits per heavy atom. The fourth-order valence-corrected chi connectivity index (χ4v) is 1.80. The molecule has 5 nitrogen and oxygen atoms in total. The van der Waals surface area contributed by atoms with Crippen LogP contribution in [0.1, 0.15) is 31.9 Å². The topological polar surface area (TPSA) is 73.6 Å². The summed E-state index contributed by atoms with van der Waals surface area (Å²) < 4.78 is 10.8. The maximum atomic E-state index is 11.8. The Morgan fingerprint density at radius 2 is 2.05 bits per heavy atom. The molecule has 0 radical (unpaired) electrons. The highest BCUT2D eigenvalue weighted by molar-refractivity contribution is 5.81. The van der Waals surface area contributed by atoms with E-state index in [0.717, 1.165) is 16.9 Å². The number of rotatable bonds is 6. The summed E-state index contributed by atoms with van der Waals surface area (Å²) >= 11 is 0. The van der Waals surface area contributed by atoms with Crippen molar-refractivity contribution in [2.24, 2.45) is 5.73 Å².